The van der Waals surface area contributed by atoms with Gasteiger partial charge in [-0.15, -0.1) is 0 Å². The Labute approximate surface area is 129 Å². The Morgan fingerprint density at radius 3 is 2.67 bits per heavy atom. The Bertz CT molecular complexity index is 279. The molecule has 21 heavy (non-hydrogen) atoms. The van der Waals surface area contributed by atoms with Gasteiger partial charge < -0.3 is 25.2 Å². The highest BCUT2D eigenvalue weighted by atomic mass is 16.5. The minimum absolute atomic E-state index is 0.0844. The van der Waals surface area contributed by atoms with Crippen molar-refractivity contribution in [1.29, 1.82) is 0 Å². The highest BCUT2D eigenvalue weighted by Gasteiger charge is 2.19. The number of hydrogen-bond acceptors (Lipinski definition) is 5. The summed E-state index contributed by atoms with van der Waals surface area (Å²) in [4.78, 5) is 16.4. The molecule has 0 radical (unpaired) electrons. The fourth-order valence-corrected chi connectivity index (χ4v) is 2.45. The van der Waals surface area contributed by atoms with E-state index in [-0.39, 0.29) is 5.91 Å². The number of rotatable bonds is 10. The van der Waals surface area contributed by atoms with Crippen LogP contribution in [0.5, 0.6) is 0 Å². The lowest BCUT2D eigenvalue weighted by atomic mass is 9.97. The van der Waals surface area contributed by atoms with Gasteiger partial charge in [-0.1, -0.05) is 0 Å². The second-order valence-electron chi connectivity index (χ2n) is 6.06. The smallest absolute Gasteiger partial charge is 0.233 e. The minimum Gasteiger partial charge on any atom is -0.383 e. The molecular weight excluding hydrogens is 268 g/mol. The molecule has 0 aromatic rings. The first-order chi connectivity index (χ1) is 10.1. The quantitative estimate of drug-likeness (QED) is 0.538. The molecule has 2 N–H and O–H groups in total. The van der Waals surface area contributed by atoms with Crippen molar-refractivity contribution in [3.05, 3.63) is 0 Å². The monoisotopic (exact) mass is 300 g/mol. The molecule has 1 fully saturated rings. The highest BCUT2D eigenvalue weighted by Crippen LogP contribution is 2.15. The van der Waals surface area contributed by atoms with E-state index in [9.17, 15) is 4.79 Å². The number of ether oxygens (including phenoxy) is 1. The Morgan fingerprint density at radius 1 is 1.33 bits per heavy atom. The number of methoxy groups -OCH3 is 1. The topological polar surface area (TPSA) is 56.8 Å². The summed E-state index contributed by atoms with van der Waals surface area (Å²) >= 11 is 0. The Hall–Kier alpha value is -0.690. The molecule has 6 heteroatoms. The van der Waals surface area contributed by atoms with Gasteiger partial charge in [0, 0.05) is 33.3 Å². The van der Waals surface area contributed by atoms with E-state index in [2.05, 4.69) is 34.5 Å². The molecule has 1 heterocycles. The maximum Gasteiger partial charge on any atom is 0.233 e. The van der Waals surface area contributed by atoms with Crippen LogP contribution in [0.1, 0.15) is 12.8 Å². The maximum atomic E-state index is 11.7. The molecular formula is C15H32N4O2. The van der Waals surface area contributed by atoms with E-state index < -0.39 is 0 Å². The lowest BCUT2D eigenvalue weighted by molar-refractivity contribution is -0.120. The zero-order chi connectivity index (χ0) is 15.5. The fourth-order valence-electron chi connectivity index (χ4n) is 2.45. The van der Waals surface area contributed by atoms with Gasteiger partial charge in [0.1, 0.15) is 0 Å². The number of nitrogens with one attached hydrogen (secondary N) is 2. The first kappa shape index (κ1) is 18.4. The summed E-state index contributed by atoms with van der Waals surface area (Å²) in [6.07, 6.45) is 2.37. The summed E-state index contributed by atoms with van der Waals surface area (Å²) in [7, 11) is 5.89. The molecule has 1 aliphatic rings. The van der Waals surface area contributed by atoms with E-state index in [1.54, 1.807) is 7.11 Å². The van der Waals surface area contributed by atoms with E-state index in [1.807, 2.05) is 0 Å². The molecule has 6 nitrogen and oxygen atoms in total. The van der Waals surface area contributed by atoms with Crippen molar-refractivity contribution in [3.8, 4) is 0 Å². The first-order valence-electron chi connectivity index (χ1n) is 7.95. The first-order valence-corrected chi connectivity index (χ1v) is 7.95. The van der Waals surface area contributed by atoms with Gasteiger partial charge >= 0.3 is 0 Å². The zero-order valence-electron chi connectivity index (χ0n) is 13.9. The number of likely N-dealkylation sites (N-methyl/N-ethyl adjacent to an activating group) is 1. The number of carbonyl (C=O) groups is 1. The predicted octanol–water partition coefficient (Wildman–Crippen LogP) is -0.388. The Kier molecular flexibility index (Phi) is 9.58. The number of hydrogen-bond donors (Lipinski definition) is 2. The fraction of sp³-hybridized carbons (Fsp3) is 0.933. The number of carbonyl (C=O) groups excluding carboxylic acids is 1. The van der Waals surface area contributed by atoms with Gasteiger partial charge in [-0.2, -0.15) is 0 Å². The molecule has 1 saturated heterocycles. The lowest BCUT2D eigenvalue weighted by Crippen LogP contribution is -2.42. The molecule has 1 rings (SSSR count). The van der Waals surface area contributed by atoms with Crippen LogP contribution in [-0.4, -0.2) is 89.3 Å². The van der Waals surface area contributed by atoms with Crippen molar-refractivity contribution in [3.63, 3.8) is 0 Å². The summed E-state index contributed by atoms with van der Waals surface area (Å²) in [5, 5.41) is 6.08. The van der Waals surface area contributed by atoms with E-state index in [0.29, 0.717) is 25.6 Å². The van der Waals surface area contributed by atoms with Crippen LogP contribution in [0, 0.1) is 5.92 Å². The van der Waals surface area contributed by atoms with E-state index in [1.165, 1.54) is 12.8 Å². The average Bonchev–Trinajstić information content (AvgIpc) is 2.48. The molecule has 0 bridgehead atoms. The minimum atomic E-state index is 0.0844. The van der Waals surface area contributed by atoms with E-state index in [0.717, 1.165) is 32.7 Å². The van der Waals surface area contributed by atoms with Crippen molar-refractivity contribution < 1.29 is 9.53 Å². The molecule has 0 aliphatic carbocycles. The molecule has 124 valence electrons. The largest absolute Gasteiger partial charge is 0.383 e. The molecule has 0 atom stereocenters. The van der Waals surface area contributed by atoms with Gasteiger partial charge in [-0.25, -0.2) is 0 Å². The molecule has 0 aromatic carbocycles. The van der Waals surface area contributed by atoms with Crippen LogP contribution >= 0.6 is 0 Å². The van der Waals surface area contributed by atoms with Crippen LogP contribution in [0.25, 0.3) is 0 Å². The molecule has 0 saturated carbocycles. The summed E-state index contributed by atoms with van der Waals surface area (Å²) in [5.41, 5.74) is 0. The van der Waals surface area contributed by atoms with E-state index in [4.69, 9.17) is 4.74 Å². The van der Waals surface area contributed by atoms with Crippen LogP contribution in [0.15, 0.2) is 0 Å². The van der Waals surface area contributed by atoms with Crippen molar-refractivity contribution in [2.75, 3.05) is 73.6 Å². The van der Waals surface area contributed by atoms with Crippen LogP contribution in [-0.2, 0) is 9.53 Å². The van der Waals surface area contributed by atoms with Gasteiger partial charge in [0.05, 0.1) is 13.2 Å². The molecule has 1 aliphatic heterocycles. The lowest BCUT2D eigenvalue weighted by Gasteiger charge is -2.32. The zero-order valence-corrected chi connectivity index (χ0v) is 13.9. The van der Waals surface area contributed by atoms with Gasteiger partial charge in [0.2, 0.25) is 5.91 Å². The molecule has 1 amide bonds. The summed E-state index contributed by atoms with van der Waals surface area (Å²) in [5.74, 6) is 0.713. The van der Waals surface area contributed by atoms with Crippen LogP contribution in [0.3, 0.4) is 0 Å². The Balaban J connectivity index is 2.03. The number of likely N-dealkylation sites (tertiary alicyclic amines) is 1. The number of amides is 1. The van der Waals surface area contributed by atoms with Gasteiger partial charge in [0.25, 0.3) is 0 Å². The Morgan fingerprint density at radius 2 is 2.05 bits per heavy atom. The summed E-state index contributed by atoms with van der Waals surface area (Å²) < 4.78 is 4.92. The van der Waals surface area contributed by atoms with Crippen molar-refractivity contribution in [2.24, 2.45) is 5.92 Å². The molecule has 0 unspecified atom stereocenters. The number of piperidine rings is 1. The SMILES string of the molecule is COCCNCC(=O)NCC1CCN(CCN(C)C)CC1. The van der Waals surface area contributed by atoms with Crippen LogP contribution in [0.2, 0.25) is 0 Å². The van der Waals surface area contributed by atoms with Gasteiger partial charge in [0.15, 0.2) is 0 Å². The second kappa shape index (κ2) is 11.0. The standard InChI is InChI=1S/C15H32N4O2/c1-18(2)9-10-19-7-4-14(5-8-19)12-17-15(20)13-16-6-11-21-3/h14,16H,4-13H2,1-3H3,(H,17,20). The second-order valence-corrected chi connectivity index (χ2v) is 6.06. The third-order valence-electron chi connectivity index (χ3n) is 3.93. The third kappa shape index (κ3) is 9.03. The maximum absolute atomic E-state index is 11.7. The van der Waals surface area contributed by atoms with E-state index >= 15 is 0 Å². The molecule has 0 spiro atoms. The normalized spacial score (nSPS) is 17.3. The van der Waals surface area contributed by atoms with Crippen molar-refractivity contribution in [2.45, 2.75) is 12.8 Å². The number of nitrogens with zero attached hydrogens (tertiary/aromatic N) is 2. The van der Waals surface area contributed by atoms with Gasteiger partial charge in [-0.3, -0.25) is 4.79 Å². The third-order valence-corrected chi connectivity index (χ3v) is 3.93. The summed E-state index contributed by atoms with van der Waals surface area (Å²) in [6.45, 7) is 7.12. The van der Waals surface area contributed by atoms with Crippen molar-refractivity contribution >= 4 is 5.91 Å². The van der Waals surface area contributed by atoms with Crippen LogP contribution < -0.4 is 10.6 Å². The summed E-state index contributed by atoms with van der Waals surface area (Å²) in [6, 6.07) is 0. The highest BCUT2D eigenvalue weighted by molar-refractivity contribution is 5.77. The van der Waals surface area contributed by atoms with Crippen LogP contribution in [0.4, 0.5) is 0 Å². The predicted molar refractivity (Wildman–Crippen MR) is 85.5 cm³/mol. The molecule has 0 aromatic heterocycles. The van der Waals surface area contributed by atoms with Crippen molar-refractivity contribution in [1.82, 2.24) is 20.4 Å². The van der Waals surface area contributed by atoms with Gasteiger partial charge in [-0.05, 0) is 45.9 Å². The average molecular weight is 300 g/mol.